The number of H-pyrrole nitrogens is 1. The number of likely N-dealkylation sites (tertiary alicyclic amines) is 1. The molecule has 1 saturated heterocycles. The van der Waals surface area contributed by atoms with Crippen LogP contribution in [0.25, 0.3) is 27.7 Å². The third-order valence-electron chi connectivity index (χ3n) is 7.64. The van der Waals surface area contributed by atoms with Gasteiger partial charge in [0.2, 0.25) is 0 Å². The molecule has 0 atom stereocenters. The lowest BCUT2D eigenvalue weighted by Gasteiger charge is -2.33. The number of amides is 2. The van der Waals surface area contributed by atoms with Gasteiger partial charge in [-0.15, -0.1) is 0 Å². The van der Waals surface area contributed by atoms with E-state index in [0.717, 1.165) is 34.4 Å². The number of imidazole rings is 1. The van der Waals surface area contributed by atoms with E-state index in [9.17, 15) is 27.6 Å². The first-order chi connectivity index (χ1) is 20.1. The number of nitrogens with one attached hydrogen (secondary N) is 1. The Morgan fingerprint density at radius 1 is 1.02 bits per heavy atom. The second-order valence-corrected chi connectivity index (χ2v) is 10.1. The van der Waals surface area contributed by atoms with Crippen LogP contribution in [0.1, 0.15) is 49.2 Å². The summed E-state index contributed by atoms with van der Waals surface area (Å²) >= 11 is 0. The first-order valence-electron chi connectivity index (χ1n) is 13.8. The molecule has 0 radical (unpaired) electrons. The maximum Gasteiger partial charge on any atom is 0.419 e. The lowest BCUT2D eigenvalue weighted by atomic mass is 9.91. The summed E-state index contributed by atoms with van der Waals surface area (Å²) in [6, 6.07) is 18.5. The van der Waals surface area contributed by atoms with Crippen molar-refractivity contribution in [2.24, 2.45) is 0 Å². The molecule has 0 saturated carbocycles. The molecule has 42 heavy (non-hydrogen) atoms. The highest BCUT2D eigenvalue weighted by atomic mass is 19.4. The van der Waals surface area contributed by atoms with Crippen molar-refractivity contribution in [3.8, 4) is 17.2 Å². The van der Waals surface area contributed by atoms with Gasteiger partial charge in [0.15, 0.2) is 0 Å². The minimum atomic E-state index is -4.84. The number of urea groups is 1. The van der Waals surface area contributed by atoms with Crippen molar-refractivity contribution in [2.45, 2.75) is 32.9 Å². The number of hydrogen-bond donors (Lipinski definition) is 1. The van der Waals surface area contributed by atoms with Crippen molar-refractivity contribution < 1.29 is 22.4 Å². The summed E-state index contributed by atoms with van der Waals surface area (Å²) in [5.74, 6) is -1.05. The Morgan fingerprint density at radius 3 is 2.33 bits per heavy atom. The van der Waals surface area contributed by atoms with Crippen LogP contribution in [0.3, 0.4) is 0 Å². The molecule has 6 nitrogen and oxygen atoms in total. The molecule has 1 aliphatic rings. The zero-order valence-electron chi connectivity index (χ0n) is 23.2. The maximum atomic E-state index is 14.4. The van der Waals surface area contributed by atoms with Gasteiger partial charge in [-0.25, -0.2) is 14.2 Å². The molecule has 0 bridgehead atoms. The summed E-state index contributed by atoms with van der Waals surface area (Å²) in [6.07, 6.45) is -3.74. The summed E-state index contributed by atoms with van der Waals surface area (Å²) in [4.78, 5) is 24.0. The topological polar surface area (TPSA) is 76.0 Å². The fourth-order valence-electron chi connectivity index (χ4n) is 5.38. The Labute approximate surface area is 240 Å². The fourth-order valence-corrected chi connectivity index (χ4v) is 5.38. The molecule has 0 spiro atoms. The van der Waals surface area contributed by atoms with Gasteiger partial charge in [0.1, 0.15) is 11.6 Å². The number of carbonyl (C=O) groups is 1. The van der Waals surface area contributed by atoms with Gasteiger partial charge in [-0.2, -0.15) is 18.4 Å². The number of benzene rings is 3. The monoisotopic (exact) mass is 575 g/mol. The number of rotatable bonds is 5. The van der Waals surface area contributed by atoms with Gasteiger partial charge in [0.05, 0.1) is 28.2 Å². The molecule has 4 aromatic rings. The van der Waals surface area contributed by atoms with Crippen LogP contribution in [0.15, 0.2) is 66.2 Å². The maximum absolute atomic E-state index is 14.4. The van der Waals surface area contributed by atoms with Gasteiger partial charge in [0, 0.05) is 37.8 Å². The van der Waals surface area contributed by atoms with Gasteiger partial charge in [-0.1, -0.05) is 42.0 Å². The molecule has 1 N–H and O–H groups in total. The Morgan fingerprint density at radius 2 is 1.71 bits per heavy atom. The van der Waals surface area contributed by atoms with Gasteiger partial charge in [0.25, 0.3) is 0 Å². The van der Waals surface area contributed by atoms with E-state index in [4.69, 9.17) is 0 Å². The summed E-state index contributed by atoms with van der Waals surface area (Å²) in [5, 5.41) is 9.27. The summed E-state index contributed by atoms with van der Waals surface area (Å²) in [6.45, 7) is 6.06. The van der Waals surface area contributed by atoms with Crippen molar-refractivity contribution in [3.05, 3.63) is 94.6 Å². The smallest absolute Gasteiger partial charge is 0.338 e. The summed E-state index contributed by atoms with van der Waals surface area (Å²) < 4.78 is 54.5. The number of halogens is 4. The van der Waals surface area contributed by atoms with E-state index in [1.807, 2.05) is 55.1 Å². The Hall–Kier alpha value is -4.65. The minimum absolute atomic E-state index is 0.0246. The van der Waals surface area contributed by atoms with Crippen LogP contribution in [-0.4, -0.2) is 52.0 Å². The number of aromatic nitrogens is 2. The molecule has 1 fully saturated rings. The van der Waals surface area contributed by atoms with E-state index < -0.39 is 17.6 Å². The number of aromatic amines is 1. The highest BCUT2D eigenvalue weighted by Crippen LogP contribution is 2.36. The first kappa shape index (κ1) is 28.9. The van der Waals surface area contributed by atoms with Crippen LogP contribution in [0.2, 0.25) is 0 Å². The highest BCUT2D eigenvalue weighted by molar-refractivity contribution is 5.86. The Kier molecular flexibility index (Phi) is 8.03. The Balaban J connectivity index is 1.56. The van der Waals surface area contributed by atoms with Crippen molar-refractivity contribution >= 4 is 22.6 Å². The number of fused-ring (bicyclic) bond motifs is 1. The van der Waals surface area contributed by atoms with E-state index in [2.05, 4.69) is 16.0 Å². The van der Waals surface area contributed by atoms with Crippen molar-refractivity contribution in [3.63, 3.8) is 0 Å². The summed E-state index contributed by atoms with van der Waals surface area (Å²) in [7, 11) is 0. The molecular formula is C32H29F4N5O. The molecule has 1 aromatic heterocycles. The average Bonchev–Trinajstić information content (AvgIpc) is 3.40. The lowest BCUT2D eigenvalue weighted by Crippen LogP contribution is -2.45. The largest absolute Gasteiger partial charge is 0.419 e. The Bertz CT molecular complexity index is 1680. The van der Waals surface area contributed by atoms with E-state index in [-0.39, 0.29) is 17.1 Å². The standard InChI is InChI=1S/C32H29F4N5O/c1-3-40(4-2)31(42)41-14-12-23(13-15-41)29(22-10-8-21(9-11-22)24-7-5-6-20(16-24)19-37)30-38-27-17-25(32(34,35)36)26(33)18-28(27)39-30/h5-11,16-18H,3-4,12-15H2,1-2H3,(H,38,39). The first-order valence-corrected chi connectivity index (χ1v) is 13.8. The predicted molar refractivity (Wildman–Crippen MR) is 153 cm³/mol. The molecular weight excluding hydrogens is 546 g/mol. The van der Waals surface area contributed by atoms with Crippen molar-refractivity contribution in [1.82, 2.24) is 19.8 Å². The van der Waals surface area contributed by atoms with Gasteiger partial charge in [-0.05, 0) is 61.6 Å². The summed E-state index contributed by atoms with van der Waals surface area (Å²) in [5.41, 5.74) is 3.61. The molecule has 10 heteroatoms. The number of piperidine rings is 1. The molecule has 216 valence electrons. The van der Waals surface area contributed by atoms with E-state index >= 15 is 0 Å². The molecule has 2 heterocycles. The molecule has 2 amide bonds. The number of hydrogen-bond acceptors (Lipinski definition) is 3. The lowest BCUT2D eigenvalue weighted by molar-refractivity contribution is -0.139. The number of carbonyl (C=O) groups excluding carboxylic acids is 1. The third kappa shape index (κ3) is 5.73. The van der Waals surface area contributed by atoms with E-state index in [1.165, 1.54) is 0 Å². The molecule has 1 aliphatic heterocycles. The second kappa shape index (κ2) is 11.7. The van der Waals surface area contributed by atoms with Crippen molar-refractivity contribution in [1.29, 1.82) is 5.26 Å². The zero-order valence-corrected chi connectivity index (χ0v) is 23.2. The fraction of sp³-hybridized carbons (Fsp3) is 0.281. The van der Waals surface area contributed by atoms with E-state index in [1.54, 1.807) is 17.0 Å². The van der Waals surface area contributed by atoms with Crippen LogP contribution >= 0.6 is 0 Å². The molecule has 0 aliphatic carbocycles. The number of alkyl halides is 3. The second-order valence-electron chi connectivity index (χ2n) is 10.1. The zero-order chi connectivity index (χ0) is 30.0. The molecule has 0 unspecified atom stereocenters. The number of nitriles is 1. The average molecular weight is 576 g/mol. The van der Waals surface area contributed by atoms with Crippen LogP contribution in [0.4, 0.5) is 22.4 Å². The quantitative estimate of drug-likeness (QED) is 0.249. The third-order valence-corrected chi connectivity index (χ3v) is 7.64. The van der Waals surface area contributed by atoms with E-state index in [0.29, 0.717) is 56.0 Å². The minimum Gasteiger partial charge on any atom is -0.338 e. The van der Waals surface area contributed by atoms with Crippen LogP contribution in [-0.2, 0) is 6.18 Å². The van der Waals surface area contributed by atoms with Gasteiger partial charge < -0.3 is 14.8 Å². The highest BCUT2D eigenvalue weighted by Gasteiger charge is 2.35. The van der Waals surface area contributed by atoms with Crippen LogP contribution in [0.5, 0.6) is 0 Å². The normalized spacial score (nSPS) is 13.7. The predicted octanol–water partition coefficient (Wildman–Crippen LogP) is 7.62. The van der Waals surface area contributed by atoms with Crippen molar-refractivity contribution in [2.75, 3.05) is 26.2 Å². The van der Waals surface area contributed by atoms with Gasteiger partial charge in [-0.3, -0.25) is 0 Å². The molecule has 3 aromatic carbocycles. The van der Waals surface area contributed by atoms with Gasteiger partial charge >= 0.3 is 12.2 Å². The molecule has 5 rings (SSSR count). The number of nitrogens with zero attached hydrogens (tertiary/aromatic N) is 4. The van der Waals surface area contributed by atoms with Crippen LogP contribution < -0.4 is 0 Å². The van der Waals surface area contributed by atoms with Crippen LogP contribution in [0, 0.1) is 17.1 Å². The SMILES string of the molecule is CCN(CC)C(=O)N1CCC(=C(c2ccc(-c3cccc(C#N)c3)cc2)c2nc3cc(F)c(C(F)(F)F)cc3[nH]2)CC1.